The summed E-state index contributed by atoms with van der Waals surface area (Å²) in [5.74, 6) is 0. The fourth-order valence-electron chi connectivity index (χ4n) is 1.03. The highest BCUT2D eigenvalue weighted by molar-refractivity contribution is 9.10. The number of aliphatic hydroxyl groups is 1. The lowest BCUT2D eigenvalue weighted by Gasteiger charge is -2.18. The van der Waals surface area contributed by atoms with Crippen molar-refractivity contribution in [1.82, 2.24) is 4.57 Å². The lowest BCUT2D eigenvalue weighted by molar-refractivity contribution is 0.0604. The maximum atomic E-state index is 11.3. The van der Waals surface area contributed by atoms with Crippen molar-refractivity contribution in [2.45, 2.75) is 26.0 Å². The first kappa shape index (κ1) is 10.5. The smallest absolute Gasteiger partial charge is 0.251 e. The highest BCUT2D eigenvalue weighted by Gasteiger charge is 2.13. The van der Waals surface area contributed by atoms with Gasteiger partial charge in [-0.2, -0.15) is 0 Å². The first-order chi connectivity index (χ1) is 5.88. The van der Waals surface area contributed by atoms with Crippen molar-refractivity contribution < 1.29 is 5.11 Å². The maximum absolute atomic E-state index is 11.3. The van der Waals surface area contributed by atoms with Crippen LogP contribution in [0.1, 0.15) is 13.8 Å². The van der Waals surface area contributed by atoms with Crippen molar-refractivity contribution in [1.29, 1.82) is 0 Å². The van der Waals surface area contributed by atoms with E-state index in [9.17, 15) is 9.90 Å². The molecule has 0 aliphatic carbocycles. The van der Waals surface area contributed by atoms with Crippen LogP contribution in [0.4, 0.5) is 0 Å². The van der Waals surface area contributed by atoms with Crippen LogP contribution < -0.4 is 5.56 Å². The average molecular weight is 246 g/mol. The zero-order chi connectivity index (χ0) is 10.1. The predicted octanol–water partition coefficient (Wildman–Crippen LogP) is 1.38. The molecule has 0 fully saturated rings. The molecular weight excluding hydrogens is 234 g/mol. The van der Waals surface area contributed by atoms with Gasteiger partial charge in [-0.15, -0.1) is 0 Å². The zero-order valence-corrected chi connectivity index (χ0v) is 9.21. The molecule has 13 heavy (non-hydrogen) atoms. The van der Waals surface area contributed by atoms with Crippen LogP contribution in [-0.2, 0) is 6.54 Å². The monoisotopic (exact) mass is 245 g/mol. The summed E-state index contributed by atoms with van der Waals surface area (Å²) in [7, 11) is 0. The normalized spacial score (nSPS) is 11.7. The molecule has 0 aliphatic heterocycles. The Morgan fingerprint density at radius 3 is 2.69 bits per heavy atom. The summed E-state index contributed by atoms with van der Waals surface area (Å²) >= 11 is 3.20. The third kappa shape index (κ3) is 3.32. The van der Waals surface area contributed by atoms with E-state index >= 15 is 0 Å². The summed E-state index contributed by atoms with van der Waals surface area (Å²) in [5.41, 5.74) is -0.978. The number of pyridine rings is 1. The molecule has 1 rings (SSSR count). The molecule has 1 heterocycles. The molecule has 0 radical (unpaired) electrons. The molecule has 4 heteroatoms. The minimum absolute atomic E-state index is 0.114. The molecule has 0 aromatic carbocycles. The zero-order valence-electron chi connectivity index (χ0n) is 7.62. The van der Waals surface area contributed by atoms with Gasteiger partial charge in [0.15, 0.2) is 0 Å². The predicted molar refractivity (Wildman–Crippen MR) is 54.7 cm³/mol. The summed E-state index contributed by atoms with van der Waals surface area (Å²) < 4.78 is 2.23. The molecule has 0 unspecified atom stereocenters. The van der Waals surface area contributed by atoms with E-state index in [0.29, 0.717) is 6.54 Å². The molecular formula is C9H12BrNO2. The second-order valence-electron chi connectivity index (χ2n) is 3.62. The highest BCUT2D eigenvalue weighted by Crippen LogP contribution is 2.07. The molecule has 3 nitrogen and oxygen atoms in total. The van der Waals surface area contributed by atoms with Crippen molar-refractivity contribution >= 4 is 15.9 Å². The van der Waals surface area contributed by atoms with Gasteiger partial charge in [0.05, 0.1) is 12.1 Å². The SMILES string of the molecule is CC(C)(O)Cn1ccc(Br)cc1=O. The van der Waals surface area contributed by atoms with Gasteiger partial charge in [-0.1, -0.05) is 15.9 Å². The minimum atomic E-state index is -0.863. The molecule has 0 amide bonds. The summed E-state index contributed by atoms with van der Waals surface area (Å²) in [6, 6.07) is 3.25. The number of hydrogen-bond acceptors (Lipinski definition) is 2. The van der Waals surface area contributed by atoms with E-state index in [0.717, 1.165) is 4.47 Å². The Balaban J connectivity index is 2.98. The summed E-state index contributed by atoms with van der Waals surface area (Å²) in [6.45, 7) is 3.64. The first-order valence-corrected chi connectivity index (χ1v) is 4.76. The van der Waals surface area contributed by atoms with E-state index in [2.05, 4.69) is 15.9 Å². The Morgan fingerprint density at radius 1 is 1.62 bits per heavy atom. The van der Waals surface area contributed by atoms with Crippen LogP contribution in [0.3, 0.4) is 0 Å². The van der Waals surface area contributed by atoms with E-state index < -0.39 is 5.60 Å². The summed E-state index contributed by atoms with van der Waals surface area (Å²) in [5, 5.41) is 9.49. The van der Waals surface area contributed by atoms with E-state index in [-0.39, 0.29) is 5.56 Å². The lowest BCUT2D eigenvalue weighted by Crippen LogP contribution is -2.31. The van der Waals surface area contributed by atoms with E-state index in [1.807, 2.05) is 0 Å². The van der Waals surface area contributed by atoms with Crippen LogP contribution >= 0.6 is 15.9 Å². The lowest BCUT2D eigenvalue weighted by atomic mass is 10.1. The molecule has 0 saturated carbocycles. The maximum Gasteiger partial charge on any atom is 0.251 e. The molecule has 1 aromatic rings. The van der Waals surface area contributed by atoms with Gasteiger partial charge in [-0.05, 0) is 19.9 Å². The minimum Gasteiger partial charge on any atom is -0.389 e. The molecule has 0 aliphatic rings. The van der Waals surface area contributed by atoms with Crippen molar-refractivity contribution in [2.75, 3.05) is 0 Å². The van der Waals surface area contributed by atoms with Crippen LogP contribution in [0.15, 0.2) is 27.6 Å². The first-order valence-electron chi connectivity index (χ1n) is 3.97. The molecule has 0 saturated heterocycles. The number of aromatic nitrogens is 1. The Hall–Kier alpha value is -0.610. The van der Waals surface area contributed by atoms with Crippen LogP contribution in [0.25, 0.3) is 0 Å². The third-order valence-corrected chi connectivity index (χ3v) is 2.01. The van der Waals surface area contributed by atoms with E-state index in [4.69, 9.17) is 0 Å². The fourth-order valence-corrected chi connectivity index (χ4v) is 1.35. The molecule has 0 spiro atoms. The number of nitrogens with zero attached hydrogens (tertiary/aromatic N) is 1. The van der Waals surface area contributed by atoms with Gasteiger partial charge in [0.1, 0.15) is 0 Å². The molecule has 72 valence electrons. The van der Waals surface area contributed by atoms with Crippen LogP contribution in [0.5, 0.6) is 0 Å². The van der Waals surface area contributed by atoms with Crippen molar-refractivity contribution in [3.8, 4) is 0 Å². The van der Waals surface area contributed by atoms with Crippen LogP contribution in [-0.4, -0.2) is 15.3 Å². The molecule has 1 aromatic heterocycles. The van der Waals surface area contributed by atoms with Gasteiger partial charge in [-0.3, -0.25) is 4.79 Å². The van der Waals surface area contributed by atoms with E-state index in [1.165, 1.54) is 10.6 Å². The van der Waals surface area contributed by atoms with Crippen LogP contribution in [0.2, 0.25) is 0 Å². The van der Waals surface area contributed by atoms with Crippen molar-refractivity contribution in [2.24, 2.45) is 0 Å². The fraction of sp³-hybridized carbons (Fsp3) is 0.444. The Kier molecular flexibility index (Phi) is 2.93. The summed E-state index contributed by atoms with van der Waals surface area (Å²) in [6.07, 6.45) is 1.66. The third-order valence-electron chi connectivity index (χ3n) is 1.52. The van der Waals surface area contributed by atoms with Gasteiger partial charge in [0.25, 0.3) is 5.56 Å². The van der Waals surface area contributed by atoms with Crippen molar-refractivity contribution in [3.05, 3.63) is 33.2 Å². The summed E-state index contributed by atoms with van der Waals surface area (Å²) in [4.78, 5) is 11.3. The van der Waals surface area contributed by atoms with Gasteiger partial charge < -0.3 is 9.67 Å². The molecule has 1 N–H and O–H groups in total. The Labute approximate surface area is 85.1 Å². The Morgan fingerprint density at radius 2 is 2.23 bits per heavy atom. The Bertz CT molecular complexity index is 351. The van der Waals surface area contributed by atoms with Crippen LogP contribution in [0, 0.1) is 0 Å². The quantitative estimate of drug-likeness (QED) is 0.856. The largest absolute Gasteiger partial charge is 0.389 e. The van der Waals surface area contributed by atoms with Gasteiger partial charge in [-0.25, -0.2) is 0 Å². The number of rotatable bonds is 2. The number of halogens is 1. The van der Waals surface area contributed by atoms with Gasteiger partial charge in [0.2, 0.25) is 0 Å². The number of hydrogen-bond donors (Lipinski definition) is 1. The molecule has 0 atom stereocenters. The molecule has 0 bridgehead atoms. The second kappa shape index (κ2) is 3.64. The van der Waals surface area contributed by atoms with Gasteiger partial charge in [0, 0.05) is 16.7 Å². The standard InChI is InChI=1S/C9H12BrNO2/c1-9(2,13)6-11-4-3-7(10)5-8(11)12/h3-5,13H,6H2,1-2H3. The topological polar surface area (TPSA) is 42.2 Å². The highest BCUT2D eigenvalue weighted by atomic mass is 79.9. The van der Waals surface area contributed by atoms with E-state index in [1.54, 1.807) is 26.1 Å². The average Bonchev–Trinajstić information content (AvgIpc) is 1.93. The van der Waals surface area contributed by atoms with Crippen molar-refractivity contribution in [3.63, 3.8) is 0 Å². The second-order valence-corrected chi connectivity index (χ2v) is 4.54. The van der Waals surface area contributed by atoms with Gasteiger partial charge >= 0.3 is 0 Å².